The first kappa shape index (κ1) is 25.0. The van der Waals surface area contributed by atoms with Crippen LogP contribution in [0.5, 0.6) is 11.5 Å². The smallest absolute Gasteiger partial charge is 0.506 e. The lowest BCUT2D eigenvalue weighted by molar-refractivity contribution is -0.274. The van der Waals surface area contributed by atoms with Crippen LogP contribution in [0.2, 0.25) is 5.02 Å². The van der Waals surface area contributed by atoms with Gasteiger partial charge in [-0.1, -0.05) is 84.4 Å². The number of aliphatic imine (C=N–C) groups is 1. The summed E-state index contributed by atoms with van der Waals surface area (Å²) in [6.45, 7) is 0. The van der Waals surface area contributed by atoms with Gasteiger partial charge in [-0.3, -0.25) is 0 Å². The van der Waals surface area contributed by atoms with Gasteiger partial charge in [0.2, 0.25) is 0 Å². The summed E-state index contributed by atoms with van der Waals surface area (Å²) in [7, 11) is 12.2. The molecular weight excluding hydrogens is 496 g/mol. The zero-order valence-electron chi connectivity index (χ0n) is 19.3. The van der Waals surface area contributed by atoms with Crippen molar-refractivity contribution in [1.82, 2.24) is 0 Å². The van der Waals surface area contributed by atoms with Gasteiger partial charge in [0.15, 0.2) is 0 Å². The minimum atomic E-state index is -4.79. The summed E-state index contributed by atoms with van der Waals surface area (Å²) in [4.78, 5) is 4.95. The molecule has 0 fully saturated rings. The number of halogens is 4. The minimum Gasteiger partial charge on any atom is -0.506 e. The Balaban J connectivity index is 1.67. The third-order valence-electron chi connectivity index (χ3n) is 5.76. The van der Waals surface area contributed by atoms with Gasteiger partial charge in [0.25, 0.3) is 0 Å². The number of hydrogen-bond acceptors (Lipinski definition) is 3. The molecule has 0 spiro atoms. The monoisotopic (exact) mass is 513 g/mol. The van der Waals surface area contributed by atoms with E-state index in [-0.39, 0.29) is 12.2 Å². The summed E-state index contributed by atoms with van der Waals surface area (Å²) in [5.41, 5.74) is 4.54. The third-order valence-corrected chi connectivity index (χ3v) is 6.18. The first-order valence-corrected chi connectivity index (χ1v) is 11.7. The minimum absolute atomic E-state index is 0.124. The number of fused-ring (bicyclic) bond motifs is 1. The molecule has 180 valence electrons. The molecule has 0 aromatic heterocycles. The fourth-order valence-corrected chi connectivity index (χ4v) is 4.45. The zero-order chi connectivity index (χ0) is 26.2. The lowest BCUT2D eigenvalue weighted by atomic mass is 9.63. The van der Waals surface area contributed by atoms with Crippen LogP contribution in [0.1, 0.15) is 16.7 Å². The largest absolute Gasteiger partial charge is 0.573 e. The lowest BCUT2D eigenvalue weighted by Crippen LogP contribution is -2.35. The van der Waals surface area contributed by atoms with Crippen LogP contribution >= 0.6 is 11.6 Å². The van der Waals surface area contributed by atoms with Crippen LogP contribution in [-0.4, -0.2) is 33.2 Å². The van der Waals surface area contributed by atoms with Gasteiger partial charge < -0.3 is 9.47 Å². The van der Waals surface area contributed by atoms with Gasteiger partial charge in [-0.15, -0.1) is 13.2 Å². The average molecular weight is 514 g/mol. The molecule has 1 aliphatic rings. The standard InChI is InChI=1S/C28H17B2ClF3NO2/c29-27(30)16-22-24(31)23(35-25(18-7-3-1-4-8-18)19-9-5-2-6-10-19)15-21(26(22)37-27)17-11-13-20(14-12-17)36-28(32,33)34/h1-15H,16H2. The van der Waals surface area contributed by atoms with E-state index in [0.717, 1.165) is 11.1 Å². The highest BCUT2D eigenvalue weighted by molar-refractivity contribution is 6.40. The molecule has 5 rings (SSSR count). The molecule has 4 aromatic rings. The summed E-state index contributed by atoms with van der Waals surface area (Å²) in [5.74, 6) is 0.0165. The average Bonchev–Trinajstić information content (AvgIpc) is 3.20. The number of rotatable bonds is 5. The number of alkyl halides is 3. The fraction of sp³-hybridized carbons (Fsp3) is 0.107. The first-order valence-electron chi connectivity index (χ1n) is 11.3. The Bertz CT molecular complexity index is 1420. The molecule has 4 aromatic carbocycles. The Labute approximate surface area is 219 Å². The van der Waals surface area contributed by atoms with E-state index >= 15 is 0 Å². The molecule has 0 saturated heterocycles. The van der Waals surface area contributed by atoms with Gasteiger partial charge in [-0.25, -0.2) is 4.99 Å². The number of ether oxygens (including phenoxy) is 2. The maximum Gasteiger partial charge on any atom is 0.573 e. The predicted octanol–water partition coefficient (Wildman–Crippen LogP) is 7.00. The van der Waals surface area contributed by atoms with Gasteiger partial charge >= 0.3 is 6.36 Å². The SMILES string of the molecule is [B]C1([B])Cc2c(Cl)c(N=C(c3ccccc3)c3ccccc3)cc(-c3ccc(OC(F)(F)F)cc3)c2O1. The van der Waals surface area contributed by atoms with Crippen LogP contribution in [0, 0.1) is 0 Å². The van der Waals surface area contributed by atoms with Crippen LogP contribution in [0.25, 0.3) is 11.1 Å². The number of hydrogen-bond donors (Lipinski definition) is 0. The fourth-order valence-electron chi connectivity index (χ4n) is 4.20. The van der Waals surface area contributed by atoms with Crippen molar-refractivity contribution in [3.8, 4) is 22.6 Å². The highest BCUT2D eigenvalue weighted by Crippen LogP contribution is 2.48. The van der Waals surface area contributed by atoms with E-state index in [9.17, 15) is 13.2 Å². The molecule has 4 radical (unpaired) electrons. The Morgan fingerprint density at radius 3 is 2.00 bits per heavy atom. The number of benzene rings is 4. The summed E-state index contributed by atoms with van der Waals surface area (Å²) >= 11 is 6.81. The van der Waals surface area contributed by atoms with Crippen LogP contribution in [0.3, 0.4) is 0 Å². The summed E-state index contributed by atoms with van der Waals surface area (Å²) in [5, 5.41) is -1.16. The molecule has 0 N–H and O–H groups in total. The summed E-state index contributed by atoms with van der Waals surface area (Å²) in [6.07, 6.45) is -4.67. The van der Waals surface area contributed by atoms with Crippen molar-refractivity contribution in [1.29, 1.82) is 0 Å². The highest BCUT2D eigenvalue weighted by atomic mass is 35.5. The topological polar surface area (TPSA) is 30.8 Å². The van der Waals surface area contributed by atoms with Gasteiger partial charge in [-0.05, 0) is 30.2 Å². The second-order valence-corrected chi connectivity index (χ2v) is 8.94. The van der Waals surface area contributed by atoms with E-state index in [2.05, 4.69) is 4.74 Å². The molecule has 0 saturated carbocycles. The van der Waals surface area contributed by atoms with Crippen molar-refractivity contribution in [2.75, 3.05) is 0 Å². The molecule has 1 heterocycles. The quantitative estimate of drug-likeness (QED) is 0.213. The molecule has 37 heavy (non-hydrogen) atoms. The van der Waals surface area contributed by atoms with Crippen LogP contribution < -0.4 is 9.47 Å². The van der Waals surface area contributed by atoms with Crippen molar-refractivity contribution in [3.63, 3.8) is 0 Å². The second kappa shape index (κ2) is 9.67. The molecule has 0 aliphatic carbocycles. The molecule has 0 bridgehead atoms. The molecule has 0 unspecified atom stereocenters. The summed E-state index contributed by atoms with van der Waals surface area (Å²) < 4.78 is 47.7. The zero-order valence-corrected chi connectivity index (χ0v) is 20.1. The van der Waals surface area contributed by atoms with E-state index < -0.39 is 11.8 Å². The van der Waals surface area contributed by atoms with Crippen molar-refractivity contribution < 1.29 is 22.6 Å². The first-order chi connectivity index (χ1) is 17.6. The van der Waals surface area contributed by atoms with Crippen LogP contribution in [0.15, 0.2) is 96.0 Å². The van der Waals surface area contributed by atoms with Gasteiger partial charge in [0, 0.05) is 27.7 Å². The van der Waals surface area contributed by atoms with Crippen LogP contribution in [0.4, 0.5) is 18.9 Å². The molecular formula is C28H17B2ClF3NO2. The Kier molecular flexibility index (Phi) is 6.54. The summed E-state index contributed by atoms with van der Waals surface area (Å²) in [6, 6.07) is 26.4. The van der Waals surface area contributed by atoms with E-state index in [4.69, 9.17) is 37.0 Å². The number of nitrogens with zero attached hydrogens (tertiary/aromatic N) is 1. The van der Waals surface area contributed by atoms with Crippen molar-refractivity contribution in [2.45, 2.75) is 18.2 Å². The molecule has 0 atom stereocenters. The van der Waals surface area contributed by atoms with Crippen molar-refractivity contribution in [2.24, 2.45) is 4.99 Å². The second-order valence-electron chi connectivity index (χ2n) is 8.56. The van der Waals surface area contributed by atoms with Gasteiger partial charge in [0.05, 0.1) is 16.4 Å². The van der Waals surface area contributed by atoms with E-state index in [1.165, 1.54) is 24.3 Å². The predicted molar refractivity (Wildman–Crippen MR) is 140 cm³/mol. The van der Waals surface area contributed by atoms with E-state index in [1.807, 2.05) is 60.7 Å². The lowest BCUT2D eigenvalue weighted by Gasteiger charge is -2.20. The van der Waals surface area contributed by atoms with Crippen molar-refractivity contribution in [3.05, 3.63) is 113 Å². The molecule has 0 amide bonds. The van der Waals surface area contributed by atoms with Gasteiger partial charge in [0.1, 0.15) is 27.2 Å². The highest BCUT2D eigenvalue weighted by Gasteiger charge is 2.35. The third kappa shape index (κ3) is 5.54. The molecule has 9 heteroatoms. The maximum atomic E-state index is 12.6. The molecule has 3 nitrogen and oxygen atoms in total. The molecule has 1 aliphatic heterocycles. The van der Waals surface area contributed by atoms with Crippen LogP contribution in [-0.2, 0) is 6.42 Å². The van der Waals surface area contributed by atoms with Gasteiger partial charge in [-0.2, -0.15) is 0 Å². The Hall–Kier alpha value is -3.64. The Morgan fingerprint density at radius 2 is 1.46 bits per heavy atom. The van der Waals surface area contributed by atoms with E-state index in [1.54, 1.807) is 6.07 Å². The maximum absolute atomic E-state index is 12.6. The normalized spacial score (nSPS) is 13.9. The Morgan fingerprint density at radius 1 is 0.892 bits per heavy atom. The van der Waals surface area contributed by atoms with Crippen molar-refractivity contribution >= 4 is 38.7 Å². The van der Waals surface area contributed by atoms with E-state index in [0.29, 0.717) is 38.9 Å².